The zero-order chi connectivity index (χ0) is 22.9. The normalized spacial score (nSPS) is 11.2. The lowest BCUT2D eigenvalue weighted by atomic mass is 10.1. The van der Waals surface area contributed by atoms with Gasteiger partial charge in [-0.2, -0.15) is 10.1 Å². The van der Waals surface area contributed by atoms with Crippen molar-refractivity contribution < 1.29 is 18.8 Å². The molecule has 0 fully saturated rings. The average molecular weight is 447 g/mol. The Hall–Kier alpha value is -4.31. The number of methoxy groups -OCH3 is 1. The standard InChI is InChI=1S/C23H18FN5O4/c1-32-17-7-5-14(6-8-17)22-25-19(33-27-22)12-28-9-10-29-21(23(28)31)18(13-30)20(26-29)15-3-2-4-16(24)11-15/h2-11,30H,12-13H2,1H3. The van der Waals surface area contributed by atoms with Crippen LogP contribution in [0.5, 0.6) is 5.75 Å². The molecule has 5 aromatic rings. The molecule has 0 unspecified atom stereocenters. The Morgan fingerprint density at radius 1 is 1.12 bits per heavy atom. The lowest BCUT2D eigenvalue weighted by molar-refractivity contribution is 0.283. The second kappa shape index (κ2) is 8.32. The molecule has 0 amide bonds. The number of halogens is 1. The van der Waals surface area contributed by atoms with Gasteiger partial charge in [0, 0.05) is 29.1 Å². The number of rotatable bonds is 6. The van der Waals surface area contributed by atoms with Crippen LogP contribution in [0.15, 0.2) is 70.2 Å². The van der Waals surface area contributed by atoms with Crippen LogP contribution in [0.3, 0.4) is 0 Å². The average Bonchev–Trinajstić information content (AvgIpc) is 3.46. The van der Waals surface area contributed by atoms with E-state index < -0.39 is 18.0 Å². The maximum atomic E-state index is 13.7. The summed E-state index contributed by atoms with van der Waals surface area (Å²) in [5.74, 6) is 0.897. The van der Waals surface area contributed by atoms with Crippen molar-refractivity contribution in [1.29, 1.82) is 0 Å². The van der Waals surface area contributed by atoms with Crippen molar-refractivity contribution in [3.63, 3.8) is 0 Å². The van der Waals surface area contributed by atoms with Gasteiger partial charge in [0.25, 0.3) is 5.56 Å². The van der Waals surface area contributed by atoms with Crippen LogP contribution in [0, 0.1) is 5.82 Å². The SMILES string of the molecule is COc1ccc(-c2noc(Cn3ccn4nc(-c5cccc(F)c5)c(CO)c4c3=O)n2)cc1. The topological polar surface area (TPSA) is 108 Å². The molecule has 0 bridgehead atoms. The number of ether oxygens (including phenoxy) is 1. The van der Waals surface area contributed by atoms with Crippen molar-refractivity contribution >= 4 is 5.52 Å². The molecule has 33 heavy (non-hydrogen) atoms. The molecule has 0 aliphatic rings. The second-order valence-electron chi connectivity index (χ2n) is 7.26. The van der Waals surface area contributed by atoms with Crippen LogP contribution < -0.4 is 10.3 Å². The van der Waals surface area contributed by atoms with Crippen LogP contribution in [0.2, 0.25) is 0 Å². The summed E-state index contributed by atoms with van der Waals surface area (Å²) in [6, 6.07) is 13.0. The molecule has 1 N–H and O–H groups in total. The Balaban J connectivity index is 1.50. The molecule has 3 heterocycles. The van der Waals surface area contributed by atoms with E-state index in [2.05, 4.69) is 15.2 Å². The Labute approximate surface area is 186 Å². The van der Waals surface area contributed by atoms with Gasteiger partial charge < -0.3 is 18.9 Å². The van der Waals surface area contributed by atoms with Gasteiger partial charge >= 0.3 is 0 Å². The van der Waals surface area contributed by atoms with Crippen molar-refractivity contribution in [1.82, 2.24) is 24.3 Å². The Bertz CT molecular complexity index is 1500. The van der Waals surface area contributed by atoms with E-state index in [1.807, 2.05) is 0 Å². The zero-order valence-corrected chi connectivity index (χ0v) is 17.5. The minimum atomic E-state index is -0.435. The summed E-state index contributed by atoms with van der Waals surface area (Å²) in [6.07, 6.45) is 3.12. The first-order valence-electron chi connectivity index (χ1n) is 10.0. The van der Waals surface area contributed by atoms with Crippen LogP contribution in [0.1, 0.15) is 11.5 Å². The molecule has 3 aromatic heterocycles. The minimum Gasteiger partial charge on any atom is -0.497 e. The fourth-order valence-corrected chi connectivity index (χ4v) is 3.61. The van der Waals surface area contributed by atoms with E-state index in [4.69, 9.17) is 9.26 Å². The molecular formula is C23H18FN5O4. The lowest BCUT2D eigenvalue weighted by Gasteiger charge is -2.03. The number of aromatic nitrogens is 5. The zero-order valence-electron chi connectivity index (χ0n) is 17.5. The van der Waals surface area contributed by atoms with Crippen molar-refractivity contribution in [2.75, 3.05) is 7.11 Å². The molecule has 0 saturated carbocycles. The quantitative estimate of drug-likeness (QED) is 0.426. The van der Waals surface area contributed by atoms with E-state index in [1.165, 1.54) is 27.4 Å². The summed E-state index contributed by atoms with van der Waals surface area (Å²) >= 11 is 0. The van der Waals surface area contributed by atoms with E-state index in [0.717, 1.165) is 5.56 Å². The molecule has 0 atom stereocenters. The third kappa shape index (κ3) is 3.76. The molecule has 10 heteroatoms. The molecule has 0 radical (unpaired) electrons. The van der Waals surface area contributed by atoms with Crippen LogP contribution >= 0.6 is 0 Å². The number of aliphatic hydroxyl groups excluding tert-OH is 1. The van der Waals surface area contributed by atoms with E-state index in [1.54, 1.807) is 49.7 Å². The highest BCUT2D eigenvalue weighted by Crippen LogP contribution is 2.25. The summed E-state index contributed by atoms with van der Waals surface area (Å²) in [5.41, 5.74) is 1.65. The molecule has 2 aromatic carbocycles. The molecule has 0 aliphatic heterocycles. The van der Waals surface area contributed by atoms with Crippen LogP contribution in [-0.4, -0.2) is 36.5 Å². The summed E-state index contributed by atoms with van der Waals surface area (Å²) in [6.45, 7) is -0.402. The predicted octanol–water partition coefficient (Wildman–Crippen LogP) is 2.90. The third-order valence-electron chi connectivity index (χ3n) is 5.24. The molecule has 9 nitrogen and oxygen atoms in total. The fourth-order valence-electron chi connectivity index (χ4n) is 3.61. The maximum absolute atomic E-state index is 13.7. The highest BCUT2D eigenvalue weighted by atomic mass is 19.1. The smallest absolute Gasteiger partial charge is 0.277 e. The van der Waals surface area contributed by atoms with Crippen LogP contribution in [0.25, 0.3) is 28.2 Å². The van der Waals surface area contributed by atoms with E-state index in [9.17, 15) is 14.3 Å². The number of fused-ring (bicyclic) bond motifs is 1. The first-order valence-corrected chi connectivity index (χ1v) is 10.0. The van der Waals surface area contributed by atoms with Gasteiger partial charge in [0.05, 0.1) is 19.4 Å². The summed E-state index contributed by atoms with van der Waals surface area (Å²) in [4.78, 5) is 17.6. The van der Waals surface area contributed by atoms with Crippen molar-refractivity contribution in [2.24, 2.45) is 0 Å². The molecular weight excluding hydrogens is 429 g/mol. The number of hydrogen-bond donors (Lipinski definition) is 1. The number of hydrogen-bond acceptors (Lipinski definition) is 7. The maximum Gasteiger partial charge on any atom is 0.277 e. The first-order chi connectivity index (χ1) is 16.1. The van der Waals surface area contributed by atoms with Gasteiger partial charge in [-0.25, -0.2) is 8.91 Å². The highest BCUT2D eigenvalue weighted by molar-refractivity contribution is 5.72. The van der Waals surface area contributed by atoms with Gasteiger partial charge in [-0.3, -0.25) is 4.79 Å². The van der Waals surface area contributed by atoms with Crippen molar-refractivity contribution in [2.45, 2.75) is 13.2 Å². The molecule has 5 rings (SSSR count). The van der Waals surface area contributed by atoms with Crippen molar-refractivity contribution in [3.8, 4) is 28.4 Å². The second-order valence-corrected chi connectivity index (χ2v) is 7.26. The van der Waals surface area contributed by atoms with Crippen molar-refractivity contribution in [3.05, 3.63) is 88.5 Å². The van der Waals surface area contributed by atoms with Gasteiger partial charge in [0.15, 0.2) is 0 Å². The largest absolute Gasteiger partial charge is 0.497 e. The summed E-state index contributed by atoms with van der Waals surface area (Å²) in [5, 5.41) is 18.3. The number of aliphatic hydroxyl groups is 1. The van der Waals surface area contributed by atoms with Gasteiger partial charge in [0.1, 0.15) is 23.6 Å². The lowest BCUT2D eigenvalue weighted by Crippen LogP contribution is -2.22. The highest BCUT2D eigenvalue weighted by Gasteiger charge is 2.19. The molecule has 166 valence electrons. The van der Waals surface area contributed by atoms with Gasteiger partial charge in [-0.15, -0.1) is 0 Å². The number of nitrogens with zero attached hydrogens (tertiary/aromatic N) is 5. The van der Waals surface area contributed by atoms with Gasteiger partial charge in [-0.05, 0) is 36.4 Å². The van der Waals surface area contributed by atoms with E-state index >= 15 is 0 Å². The number of benzene rings is 2. The molecule has 0 saturated heterocycles. The minimum absolute atomic E-state index is 0.0316. The van der Waals surface area contributed by atoms with Crippen LogP contribution in [0.4, 0.5) is 4.39 Å². The monoisotopic (exact) mass is 447 g/mol. The Morgan fingerprint density at radius 2 is 1.94 bits per heavy atom. The summed E-state index contributed by atoms with van der Waals surface area (Å²) < 4.78 is 26.9. The van der Waals surface area contributed by atoms with Gasteiger partial charge in [-0.1, -0.05) is 17.3 Å². The third-order valence-corrected chi connectivity index (χ3v) is 5.24. The summed E-state index contributed by atoms with van der Waals surface area (Å²) in [7, 11) is 1.58. The van der Waals surface area contributed by atoms with Crippen LogP contribution in [-0.2, 0) is 13.2 Å². The predicted molar refractivity (Wildman–Crippen MR) is 116 cm³/mol. The Morgan fingerprint density at radius 3 is 2.67 bits per heavy atom. The van der Waals surface area contributed by atoms with E-state index in [-0.39, 0.29) is 18.0 Å². The molecule has 0 aliphatic carbocycles. The van der Waals surface area contributed by atoms with E-state index in [0.29, 0.717) is 28.4 Å². The van der Waals surface area contributed by atoms with Gasteiger partial charge in [0.2, 0.25) is 11.7 Å². The Kier molecular flexibility index (Phi) is 5.19. The molecule has 0 spiro atoms. The fraction of sp³-hybridized carbons (Fsp3) is 0.130. The first kappa shape index (κ1) is 20.6.